The van der Waals surface area contributed by atoms with Crippen molar-refractivity contribution in [2.45, 2.75) is 45.4 Å². The van der Waals surface area contributed by atoms with E-state index in [2.05, 4.69) is 34.5 Å². The molecule has 1 heterocycles. The molecule has 2 unspecified atom stereocenters. The molecule has 0 spiro atoms. The third kappa shape index (κ3) is 3.58. The van der Waals surface area contributed by atoms with Gasteiger partial charge >= 0.3 is 0 Å². The van der Waals surface area contributed by atoms with Crippen molar-refractivity contribution in [2.75, 3.05) is 6.54 Å². The van der Waals surface area contributed by atoms with Crippen molar-refractivity contribution in [1.29, 1.82) is 0 Å². The smallest absolute Gasteiger partial charge is 0.178 e. The molecule has 1 aromatic heterocycles. The van der Waals surface area contributed by atoms with Crippen LogP contribution in [0.15, 0.2) is 0 Å². The third-order valence-electron chi connectivity index (χ3n) is 2.90. The van der Waals surface area contributed by atoms with Gasteiger partial charge < -0.3 is 5.73 Å². The van der Waals surface area contributed by atoms with Gasteiger partial charge in [0.25, 0.3) is 0 Å². The van der Waals surface area contributed by atoms with Crippen molar-refractivity contribution in [1.82, 2.24) is 20.6 Å². The number of rotatable bonds is 7. The maximum absolute atomic E-state index is 5.74. The molecule has 0 radical (unpaired) electrons. The maximum Gasteiger partial charge on any atom is 0.178 e. The van der Waals surface area contributed by atoms with Gasteiger partial charge in [0.05, 0.1) is 0 Å². The average molecular weight is 211 g/mol. The molecule has 0 aliphatic carbocycles. The molecule has 0 fully saturated rings. The van der Waals surface area contributed by atoms with Crippen LogP contribution < -0.4 is 5.73 Å². The van der Waals surface area contributed by atoms with Crippen LogP contribution in [0.4, 0.5) is 0 Å². The summed E-state index contributed by atoms with van der Waals surface area (Å²) in [6, 6.07) is 0. The Bertz CT molecular complexity index is 246. The second kappa shape index (κ2) is 6.50. The first-order valence-corrected chi connectivity index (χ1v) is 5.75. The summed E-state index contributed by atoms with van der Waals surface area (Å²) in [5.74, 6) is 1.73. The molecule has 1 rings (SSSR count). The Morgan fingerprint density at radius 1 is 1.40 bits per heavy atom. The van der Waals surface area contributed by atoms with Gasteiger partial charge in [-0.25, -0.2) is 0 Å². The standard InChI is InChI=1S/C10H21N5/c1-3-5-8(4-2)6-9(7-11)10-12-14-15-13-10/h8-9H,3-7,11H2,1-2H3,(H,12,13,14,15). The fraction of sp³-hybridized carbons (Fsp3) is 0.900. The van der Waals surface area contributed by atoms with Crippen LogP contribution in [0.5, 0.6) is 0 Å². The van der Waals surface area contributed by atoms with Gasteiger partial charge in [-0.2, -0.15) is 5.21 Å². The van der Waals surface area contributed by atoms with Crippen molar-refractivity contribution >= 4 is 0 Å². The van der Waals surface area contributed by atoms with E-state index in [1.165, 1.54) is 19.3 Å². The van der Waals surface area contributed by atoms with Crippen molar-refractivity contribution in [2.24, 2.45) is 11.7 Å². The molecule has 3 N–H and O–H groups in total. The maximum atomic E-state index is 5.74. The first-order chi connectivity index (χ1) is 7.31. The number of H-pyrrole nitrogens is 1. The van der Waals surface area contributed by atoms with E-state index in [-0.39, 0.29) is 5.92 Å². The highest BCUT2D eigenvalue weighted by Gasteiger charge is 2.18. The molecule has 0 aromatic carbocycles. The zero-order chi connectivity index (χ0) is 11.1. The van der Waals surface area contributed by atoms with Crippen molar-refractivity contribution < 1.29 is 0 Å². The van der Waals surface area contributed by atoms with E-state index in [1.807, 2.05) is 0 Å². The molecular formula is C10H21N5. The third-order valence-corrected chi connectivity index (χ3v) is 2.90. The molecule has 0 aliphatic rings. The minimum atomic E-state index is 0.250. The van der Waals surface area contributed by atoms with E-state index >= 15 is 0 Å². The van der Waals surface area contributed by atoms with Gasteiger partial charge in [0.2, 0.25) is 0 Å². The fourth-order valence-electron chi connectivity index (χ4n) is 1.95. The highest BCUT2D eigenvalue weighted by atomic mass is 15.5. The van der Waals surface area contributed by atoms with Crippen LogP contribution in [0.25, 0.3) is 0 Å². The quantitative estimate of drug-likeness (QED) is 0.715. The number of aromatic nitrogens is 4. The first-order valence-electron chi connectivity index (χ1n) is 5.75. The van der Waals surface area contributed by atoms with E-state index in [1.54, 1.807) is 0 Å². The van der Waals surface area contributed by atoms with Gasteiger partial charge in [0.15, 0.2) is 5.82 Å². The van der Waals surface area contributed by atoms with Crippen LogP contribution in [0, 0.1) is 5.92 Å². The second-order valence-corrected chi connectivity index (χ2v) is 4.00. The molecule has 2 atom stereocenters. The summed E-state index contributed by atoms with van der Waals surface area (Å²) in [5, 5.41) is 14.1. The predicted octanol–water partition coefficient (Wildman–Crippen LogP) is 1.46. The van der Waals surface area contributed by atoms with Gasteiger partial charge in [0.1, 0.15) is 0 Å². The molecule has 0 amide bonds. The number of tetrazole rings is 1. The molecule has 0 saturated heterocycles. The molecular weight excluding hydrogens is 190 g/mol. The van der Waals surface area contributed by atoms with Crippen LogP contribution in [0.2, 0.25) is 0 Å². The van der Waals surface area contributed by atoms with E-state index in [0.717, 1.165) is 18.2 Å². The lowest BCUT2D eigenvalue weighted by Crippen LogP contribution is -2.17. The zero-order valence-corrected chi connectivity index (χ0v) is 9.61. The molecule has 86 valence electrons. The van der Waals surface area contributed by atoms with Gasteiger partial charge in [-0.15, -0.1) is 10.2 Å². The Morgan fingerprint density at radius 2 is 2.20 bits per heavy atom. The van der Waals surface area contributed by atoms with Crippen LogP contribution in [-0.4, -0.2) is 27.2 Å². The van der Waals surface area contributed by atoms with E-state index in [0.29, 0.717) is 6.54 Å². The average Bonchev–Trinajstić information content (AvgIpc) is 2.77. The van der Waals surface area contributed by atoms with Crippen molar-refractivity contribution in [3.05, 3.63) is 5.82 Å². The SMILES string of the molecule is CCCC(CC)CC(CN)c1nn[nH]n1. The normalized spacial score (nSPS) is 15.1. The Kier molecular flexibility index (Phi) is 5.25. The van der Waals surface area contributed by atoms with E-state index in [9.17, 15) is 0 Å². The number of hydrogen-bond donors (Lipinski definition) is 2. The van der Waals surface area contributed by atoms with E-state index < -0.39 is 0 Å². The molecule has 0 aliphatic heterocycles. The lowest BCUT2D eigenvalue weighted by Gasteiger charge is -2.18. The Hall–Kier alpha value is -0.970. The Balaban J connectivity index is 2.52. The van der Waals surface area contributed by atoms with Crippen LogP contribution in [0.3, 0.4) is 0 Å². The van der Waals surface area contributed by atoms with Gasteiger partial charge in [-0.05, 0) is 12.3 Å². The topological polar surface area (TPSA) is 80.5 Å². The van der Waals surface area contributed by atoms with Crippen molar-refractivity contribution in [3.8, 4) is 0 Å². The summed E-state index contributed by atoms with van der Waals surface area (Å²) in [5.41, 5.74) is 5.74. The largest absolute Gasteiger partial charge is 0.330 e. The zero-order valence-electron chi connectivity index (χ0n) is 9.61. The summed E-state index contributed by atoms with van der Waals surface area (Å²) in [6.07, 6.45) is 4.75. The lowest BCUT2D eigenvalue weighted by atomic mass is 9.89. The number of nitrogens with two attached hydrogens (primary N) is 1. The molecule has 5 nitrogen and oxygen atoms in total. The van der Waals surface area contributed by atoms with Crippen LogP contribution in [0.1, 0.15) is 51.3 Å². The highest BCUT2D eigenvalue weighted by molar-refractivity contribution is 4.92. The molecule has 5 heteroatoms. The summed E-state index contributed by atoms with van der Waals surface area (Å²) < 4.78 is 0. The molecule has 0 bridgehead atoms. The minimum Gasteiger partial charge on any atom is -0.330 e. The highest BCUT2D eigenvalue weighted by Crippen LogP contribution is 2.24. The summed E-state index contributed by atoms with van der Waals surface area (Å²) in [7, 11) is 0. The lowest BCUT2D eigenvalue weighted by molar-refractivity contribution is 0.388. The summed E-state index contributed by atoms with van der Waals surface area (Å²) in [4.78, 5) is 0. The summed E-state index contributed by atoms with van der Waals surface area (Å²) in [6.45, 7) is 5.04. The van der Waals surface area contributed by atoms with Gasteiger partial charge in [-0.3, -0.25) is 0 Å². The number of nitrogens with one attached hydrogen (secondary N) is 1. The van der Waals surface area contributed by atoms with Crippen molar-refractivity contribution in [3.63, 3.8) is 0 Å². The molecule has 0 saturated carbocycles. The summed E-state index contributed by atoms with van der Waals surface area (Å²) >= 11 is 0. The van der Waals surface area contributed by atoms with E-state index in [4.69, 9.17) is 5.73 Å². The molecule has 1 aromatic rings. The number of hydrogen-bond acceptors (Lipinski definition) is 4. The first kappa shape index (κ1) is 12.1. The van der Waals surface area contributed by atoms with Crippen LogP contribution in [-0.2, 0) is 0 Å². The Labute approximate surface area is 90.8 Å². The number of nitrogens with zero attached hydrogens (tertiary/aromatic N) is 3. The molecule has 15 heavy (non-hydrogen) atoms. The second-order valence-electron chi connectivity index (χ2n) is 4.00. The van der Waals surface area contributed by atoms with Gasteiger partial charge in [-0.1, -0.05) is 38.3 Å². The number of aromatic amines is 1. The predicted molar refractivity (Wildman–Crippen MR) is 59.3 cm³/mol. The monoisotopic (exact) mass is 211 g/mol. The minimum absolute atomic E-state index is 0.250. The Morgan fingerprint density at radius 3 is 2.67 bits per heavy atom. The van der Waals surface area contributed by atoms with Gasteiger partial charge in [0, 0.05) is 12.5 Å². The fourth-order valence-corrected chi connectivity index (χ4v) is 1.95. The van der Waals surface area contributed by atoms with Crippen LogP contribution >= 0.6 is 0 Å².